The standard InChI is InChI=1S/C7H11N/c1-2-3-4-5-6-7-8/h2-4,6-7H,1,5,8H2. The van der Waals surface area contributed by atoms with Crippen LogP contribution >= 0.6 is 0 Å². The van der Waals surface area contributed by atoms with Crippen molar-refractivity contribution in [2.75, 3.05) is 0 Å². The van der Waals surface area contributed by atoms with Crippen molar-refractivity contribution in [3.05, 3.63) is 37.1 Å². The van der Waals surface area contributed by atoms with Crippen molar-refractivity contribution in [2.24, 2.45) is 5.73 Å². The van der Waals surface area contributed by atoms with Crippen LogP contribution in [-0.4, -0.2) is 0 Å². The summed E-state index contributed by atoms with van der Waals surface area (Å²) in [6.07, 6.45) is 9.91. The zero-order valence-electron chi connectivity index (χ0n) is 4.88. The molecule has 0 spiro atoms. The molecular weight excluding hydrogens is 98.1 g/mol. The Morgan fingerprint density at radius 2 is 2.12 bits per heavy atom. The van der Waals surface area contributed by atoms with Crippen LogP contribution in [0, 0.1) is 0 Å². The summed E-state index contributed by atoms with van der Waals surface area (Å²) in [5, 5.41) is 0. The van der Waals surface area contributed by atoms with Gasteiger partial charge in [-0.2, -0.15) is 0 Å². The van der Waals surface area contributed by atoms with E-state index in [4.69, 9.17) is 5.73 Å². The minimum Gasteiger partial charge on any atom is -0.405 e. The predicted molar refractivity (Wildman–Crippen MR) is 37.3 cm³/mol. The molecule has 44 valence electrons. The molecule has 0 aliphatic carbocycles. The van der Waals surface area contributed by atoms with E-state index in [1.54, 1.807) is 6.08 Å². The van der Waals surface area contributed by atoms with Gasteiger partial charge in [-0.3, -0.25) is 0 Å². The predicted octanol–water partition coefficient (Wildman–Crippen LogP) is 1.59. The van der Waals surface area contributed by atoms with Crippen molar-refractivity contribution < 1.29 is 0 Å². The third kappa shape index (κ3) is 5.02. The van der Waals surface area contributed by atoms with Gasteiger partial charge in [-0.1, -0.05) is 30.9 Å². The Bertz CT molecular complexity index is 101. The van der Waals surface area contributed by atoms with Crippen LogP contribution in [0.25, 0.3) is 0 Å². The lowest BCUT2D eigenvalue weighted by Gasteiger charge is -1.74. The van der Waals surface area contributed by atoms with E-state index >= 15 is 0 Å². The molecular formula is C7H11N. The second-order valence-electron chi connectivity index (χ2n) is 1.33. The molecule has 8 heavy (non-hydrogen) atoms. The Morgan fingerprint density at radius 3 is 2.62 bits per heavy atom. The minimum atomic E-state index is 0.891. The molecule has 2 N–H and O–H groups in total. The normalized spacial score (nSPS) is 11.0. The molecule has 0 aliphatic heterocycles. The molecule has 0 amide bonds. The van der Waals surface area contributed by atoms with Crippen molar-refractivity contribution in [1.82, 2.24) is 0 Å². The highest BCUT2D eigenvalue weighted by molar-refractivity contribution is 5.00. The van der Waals surface area contributed by atoms with Gasteiger partial charge in [-0.05, 0) is 12.6 Å². The fourth-order valence-electron chi connectivity index (χ4n) is 0.332. The first-order valence-electron chi connectivity index (χ1n) is 2.56. The van der Waals surface area contributed by atoms with Crippen LogP contribution in [0.15, 0.2) is 37.1 Å². The molecule has 0 saturated carbocycles. The van der Waals surface area contributed by atoms with E-state index < -0.39 is 0 Å². The van der Waals surface area contributed by atoms with E-state index in [0.717, 1.165) is 6.42 Å². The molecule has 0 atom stereocenters. The van der Waals surface area contributed by atoms with E-state index in [-0.39, 0.29) is 0 Å². The highest BCUT2D eigenvalue weighted by Gasteiger charge is 1.63. The molecule has 0 aliphatic rings. The minimum absolute atomic E-state index is 0.891. The largest absolute Gasteiger partial charge is 0.405 e. The van der Waals surface area contributed by atoms with E-state index in [1.165, 1.54) is 6.20 Å². The highest BCUT2D eigenvalue weighted by atomic mass is 14.5. The quantitative estimate of drug-likeness (QED) is 0.547. The van der Waals surface area contributed by atoms with E-state index in [0.29, 0.717) is 0 Å². The zero-order valence-corrected chi connectivity index (χ0v) is 4.88. The monoisotopic (exact) mass is 109 g/mol. The summed E-state index contributed by atoms with van der Waals surface area (Å²) < 4.78 is 0. The summed E-state index contributed by atoms with van der Waals surface area (Å²) in [4.78, 5) is 0. The fourth-order valence-corrected chi connectivity index (χ4v) is 0.332. The molecule has 0 aromatic heterocycles. The number of hydrogen-bond donors (Lipinski definition) is 1. The van der Waals surface area contributed by atoms with Gasteiger partial charge in [-0.25, -0.2) is 0 Å². The second-order valence-corrected chi connectivity index (χ2v) is 1.33. The van der Waals surface area contributed by atoms with Crippen LogP contribution in [0.2, 0.25) is 0 Å². The lowest BCUT2D eigenvalue weighted by Crippen LogP contribution is -1.73. The summed E-state index contributed by atoms with van der Waals surface area (Å²) >= 11 is 0. The van der Waals surface area contributed by atoms with Crippen molar-refractivity contribution in [2.45, 2.75) is 6.42 Å². The lowest BCUT2D eigenvalue weighted by molar-refractivity contribution is 1.36. The maximum absolute atomic E-state index is 5.07. The molecule has 0 rings (SSSR count). The van der Waals surface area contributed by atoms with Crippen LogP contribution in [0.3, 0.4) is 0 Å². The van der Waals surface area contributed by atoms with Crippen molar-refractivity contribution >= 4 is 0 Å². The van der Waals surface area contributed by atoms with Gasteiger partial charge >= 0.3 is 0 Å². The van der Waals surface area contributed by atoms with E-state index in [9.17, 15) is 0 Å². The summed E-state index contributed by atoms with van der Waals surface area (Å²) in [5.74, 6) is 0. The van der Waals surface area contributed by atoms with Gasteiger partial charge in [0.05, 0.1) is 0 Å². The summed E-state index contributed by atoms with van der Waals surface area (Å²) in [5.41, 5.74) is 5.07. The van der Waals surface area contributed by atoms with Crippen LogP contribution in [0.5, 0.6) is 0 Å². The summed E-state index contributed by atoms with van der Waals surface area (Å²) in [6.45, 7) is 3.52. The Labute approximate surface area is 50.2 Å². The van der Waals surface area contributed by atoms with Crippen LogP contribution < -0.4 is 5.73 Å². The molecule has 0 heterocycles. The average molecular weight is 109 g/mol. The van der Waals surface area contributed by atoms with E-state index in [1.807, 2.05) is 18.2 Å². The first-order valence-corrected chi connectivity index (χ1v) is 2.56. The van der Waals surface area contributed by atoms with Gasteiger partial charge in [0.2, 0.25) is 0 Å². The third-order valence-corrected chi connectivity index (χ3v) is 0.680. The van der Waals surface area contributed by atoms with Gasteiger partial charge in [0.25, 0.3) is 0 Å². The highest BCUT2D eigenvalue weighted by Crippen LogP contribution is 1.82. The molecule has 0 saturated heterocycles. The number of hydrogen-bond acceptors (Lipinski definition) is 1. The molecule has 0 aromatic carbocycles. The molecule has 1 heteroatoms. The molecule has 0 aromatic rings. The van der Waals surface area contributed by atoms with E-state index in [2.05, 4.69) is 6.58 Å². The van der Waals surface area contributed by atoms with Crippen molar-refractivity contribution in [3.8, 4) is 0 Å². The first-order chi connectivity index (χ1) is 3.91. The average Bonchev–Trinajstić information content (AvgIpc) is 1.81. The second kappa shape index (κ2) is 6.02. The van der Waals surface area contributed by atoms with Crippen molar-refractivity contribution in [3.63, 3.8) is 0 Å². The lowest BCUT2D eigenvalue weighted by atomic mass is 10.4. The van der Waals surface area contributed by atoms with Gasteiger partial charge in [0.15, 0.2) is 0 Å². The Hall–Kier alpha value is -0.980. The topological polar surface area (TPSA) is 26.0 Å². The molecule has 0 radical (unpaired) electrons. The van der Waals surface area contributed by atoms with Gasteiger partial charge in [0.1, 0.15) is 0 Å². The summed E-state index contributed by atoms with van der Waals surface area (Å²) in [7, 11) is 0. The van der Waals surface area contributed by atoms with Crippen LogP contribution in [-0.2, 0) is 0 Å². The first kappa shape index (κ1) is 7.02. The van der Waals surface area contributed by atoms with Crippen LogP contribution in [0.4, 0.5) is 0 Å². The Morgan fingerprint density at radius 1 is 1.38 bits per heavy atom. The number of rotatable bonds is 3. The molecule has 0 unspecified atom stereocenters. The Balaban J connectivity index is 3.15. The third-order valence-electron chi connectivity index (χ3n) is 0.680. The number of allylic oxidation sites excluding steroid dienone is 4. The van der Waals surface area contributed by atoms with Crippen LogP contribution in [0.1, 0.15) is 6.42 Å². The van der Waals surface area contributed by atoms with Crippen molar-refractivity contribution in [1.29, 1.82) is 0 Å². The fraction of sp³-hybridized carbons (Fsp3) is 0.143. The maximum atomic E-state index is 5.07. The van der Waals surface area contributed by atoms with Gasteiger partial charge < -0.3 is 5.73 Å². The molecule has 0 fully saturated rings. The SMILES string of the molecule is C=CC=CCC=CN. The zero-order chi connectivity index (χ0) is 6.24. The summed E-state index contributed by atoms with van der Waals surface area (Å²) in [6, 6.07) is 0. The molecule has 1 nitrogen and oxygen atoms in total. The number of nitrogens with two attached hydrogens (primary N) is 1. The Kier molecular flexibility index (Phi) is 5.28. The van der Waals surface area contributed by atoms with Gasteiger partial charge in [-0.15, -0.1) is 0 Å². The maximum Gasteiger partial charge on any atom is -0.00999 e. The molecule has 0 bridgehead atoms. The van der Waals surface area contributed by atoms with Gasteiger partial charge in [0, 0.05) is 0 Å². The smallest absolute Gasteiger partial charge is 0.00999 e.